The summed E-state index contributed by atoms with van der Waals surface area (Å²) in [5.74, 6) is -0.809. The molecule has 2 aromatic rings. The van der Waals surface area contributed by atoms with Crippen molar-refractivity contribution in [2.24, 2.45) is 4.99 Å². The smallest absolute Gasteiger partial charge is 0.363 e. The molecule has 1 aliphatic rings. The number of rotatable bonds is 2. The molecule has 0 aromatic heterocycles. The van der Waals surface area contributed by atoms with Gasteiger partial charge in [-0.05, 0) is 36.8 Å². The maximum Gasteiger partial charge on any atom is 0.363 e. The summed E-state index contributed by atoms with van der Waals surface area (Å²) >= 11 is 0. The van der Waals surface area contributed by atoms with Crippen LogP contribution in [-0.4, -0.2) is 11.9 Å². The Hall–Kier alpha value is -2.75. The minimum absolute atomic E-state index is 0.124. The number of hydrogen-bond donors (Lipinski definition) is 0. The van der Waals surface area contributed by atoms with Crippen molar-refractivity contribution in [1.29, 1.82) is 0 Å². The molecule has 0 unspecified atom stereocenters. The van der Waals surface area contributed by atoms with Crippen LogP contribution in [0.15, 0.2) is 59.2 Å². The van der Waals surface area contributed by atoms with E-state index >= 15 is 0 Å². The van der Waals surface area contributed by atoms with E-state index in [1.807, 2.05) is 31.2 Å². The van der Waals surface area contributed by atoms with E-state index in [2.05, 4.69) is 4.99 Å². The van der Waals surface area contributed by atoms with E-state index in [0.29, 0.717) is 5.56 Å². The van der Waals surface area contributed by atoms with Gasteiger partial charge in [-0.25, -0.2) is 14.2 Å². The van der Waals surface area contributed by atoms with E-state index in [4.69, 9.17) is 4.74 Å². The molecule has 0 fully saturated rings. The van der Waals surface area contributed by atoms with Gasteiger partial charge in [-0.1, -0.05) is 35.9 Å². The zero-order chi connectivity index (χ0) is 14.8. The molecule has 2 aromatic carbocycles. The van der Waals surface area contributed by atoms with Crippen LogP contribution in [0.25, 0.3) is 6.08 Å². The zero-order valence-corrected chi connectivity index (χ0v) is 11.3. The standard InChI is InChI=1S/C17H12FNO2/c1-11-4-2-5-12(8-11)9-15-17(20)21-16(19-15)13-6-3-7-14(18)10-13/h2-10H,1H3/b15-9+. The van der Waals surface area contributed by atoms with Crippen molar-refractivity contribution in [1.82, 2.24) is 0 Å². The monoisotopic (exact) mass is 281 g/mol. The van der Waals surface area contributed by atoms with Gasteiger partial charge in [-0.2, -0.15) is 0 Å². The van der Waals surface area contributed by atoms with Gasteiger partial charge in [0.2, 0.25) is 5.90 Å². The highest BCUT2D eigenvalue weighted by Gasteiger charge is 2.24. The molecule has 21 heavy (non-hydrogen) atoms. The largest absolute Gasteiger partial charge is 0.402 e. The Labute approximate surface area is 121 Å². The minimum Gasteiger partial charge on any atom is -0.402 e. The van der Waals surface area contributed by atoms with Crippen molar-refractivity contribution < 1.29 is 13.9 Å². The number of benzene rings is 2. The van der Waals surface area contributed by atoms with E-state index in [0.717, 1.165) is 11.1 Å². The molecule has 104 valence electrons. The number of halogens is 1. The molecule has 0 N–H and O–H groups in total. The molecular weight excluding hydrogens is 269 g/mol. The molecule has 0 spiro atoms. The maximum absolute atomic E-state index is 13.2. The fraction of sp³-hybridized carbons (Fsp3) is 0.0588. The van der Waals surface area contributed by atoms with Gasteiger partial charge in [0.1, 0.15) is 5.82 Å². The summed E-state index contributed by atoms with van der Waals surface area (Å²) in [6, 6.07) is 13.5. The lowest BCUT2D eigenvalue weighted by Crippen LogP contribution is -2.05. The molecular formula is C17H12FNO2. The van der Waals surface area contributed by atoms with Crippen molar-refractivity contribution in [3.63, 3.8) is 0 Å². The first kappa shape index (κ1) is 13.2. The summed E-state index contributed by atoms with van der Waals surface area (Å²) in [6.45, 7) is 1.97. The van der Waals surface area contributed by atoms with E-state index in [-0.39, 0.29) is 11.6 Å². The number of carbonyl (C=O) groups excluding carboxylic acids is 1. The third kappa shape index (κ3) is 2.89. The molecule has 3 rings (SSSR count). The van der Waals surface area contributed by atoms with Crippen LogP contribution in [0, 0.1) is 12.7 Å². The lowest BCUT2D eigenvalue weighted by Gasteiger charge is -1.98. The number of cyclic esters (lactones) is 1. The van der Waals surface area contributed by atoms with Gasteiger partial charge in [0.15, 0.2) is 5.70 Å². The van der Waals surface area contributed by atoms with Crippen molar-refractivity contribution in [3.8, 4) is 0 Å². The fourth-order valence-electron chi connectivity index (χ4n) is 2.07. The second kappa shape index (κ2) is 5.32. The number of carbonyl (C=O) groups is 1. The third-order valence-corrected chi connectivity index (χ3v) is 3.04. The molecule has 0 amide bonds. The van der Waals surface area contributed by atoms with Crippen LogP contribution in [0.1, 0.15) is 16.7 Å². The Morgan fingerprint density at radius 3 is 2.71 bits per heavy atom. The first-order valence-electron chi connectivity index (χ1n) is 6.47. The number of aliphatic imine (C=N–C) groups is 1. The van der Waals surface area contributed by atoms with Gasteiger partial charge in [0.25, 0.3) is 0 Å². The van der Waals surface area contributed by atoms with Crippen LogP contribution in [0.3, 0.4) is 0 Å². The molecule has 4 heteroatoms. The molecule has 1 heterocycles. The first-order valence-corrected chi connectivity index (χ1v) is 6.47. The highest BCUT2D eigenvalue weighted by molar-refractivity contribution is 6.12. The summed E-state index contributed by atoms with van der Waals surface area (Å²) in [7, 11) is 0. The molecule has 0 atom stereocenters. The van der Waals surface area contributed by atoms with Crippen LogP contribution in [0.4, 0.5) is 4.39 Å². The average Bonchev–Trinajstić information content (AvgIpc) is 2.80. The van der Waals surface area contributed by atoms with E-state index < -0.39 is 11.8 Å². The summed E-state index contributed by atoms with van der Waals surface area (Å²) in [4.78, 5) is 16.0. The summed E-state index contributed by atoms with van der Waals surface area (Å²) in [5.41, 5.74) is 2.60. The Morgan fingerprint density at radius 2 is 1.95 bits per heavy atom. The lowest BCUT2D eigenvalue weighted by atomic mass is 10.1. The first-order chi connectivity index (χ1) is 10.1. The van der Waals surface area contributed by atoms with Crippen LogP contribution in [-0.2, 0) is 9.53 Å². The quantitative estimate of drug-likeness (QED) is 0.624. The van der Waals surface area contributed by atoms with Gasteiger partial charge in [0, 0.05) is 5.56 Å². The predicted octanol–water partition coefficient (Wildman–Crippen LogP) is 3.48. The Kier molecular flexibility index (Phi) is 3.36. The van der Waals surface area contributed by atoms with Gasteiger partial charge in [0.05, 0.1) is 0 Å². The second-order valence-electron chi connectivity index (χ2n) is 4.76. The van der Waals surface area contributed by atoms with E-state index in [1.54, 1.807) is 18.2 Å². The fourth-order valence-corrected chi connectivity index (χ4v) is 2.07. The lowest BCUT2D eigenvalue weighted by molar-refractivity contribution is -0.129. The normalized spacial score (nSPS) is 16.0. The van der Waals surface area contributed by atoms with Gasteiger partial charge in [-0.3, -0.25) is 0 Å². The highest BCUT2D eigenvalue weighted by Crippen LogP contribution is 2.19. The van der Waals surface area contributed by atoms with Gasteiger partial charge < -0.3 is 4.74 Å². The Balaban J connectivity index is 1.95. The number of nitrogens with zero attached hydrogens (tertiary/aromatic N) is 1. The number of aryl methyl sites for hydroxylation is 1. The van der Waals surface area contributed by atoms with E-state index in [9.17, 15) is 9.18 Å². The zero-order valence-electron chi connectivity index (χ0n) is 11.3. The summed E-state index contributed by atoms with van der Waals surface area (Å²) in [6.07, 6.45) is 1.65. The minimum atomic E-state index is -0.532. The van der Waals surface area contributed by atoms with Crippen molar-refractivity contribution in [2.75, 3.05) is 0 Å². The van der Waals surface area contributed by atoms with Crippen molar-refractivity contribution in [3.05, 3.63) is 76.7 Å². The molecule has 0 radical (unpaired) electrons. The molecule has 1 aliphatic heterocycles. The van der Waals surface area contributed by atoms with Crippen LogP contribution in [0.5, 0.6) is 0 Å². The third-order valence-electron chi connectivity index (χ3n) is 3.04. The molecule has 0 saturated heterocycles. The SMILES string of the molecule is Cc1cccc(/C=C2/N=C(c3cccc(F)c3)OC2=O)c1. The average molecular weight is 281 g/mol. The molecule has 3 nitrogen and oxygen atoms in total. The number of ether oxygens (including phenoxy) is 1. The second-order valence-corrected chi connectivity index (χ2v) is 4.76. The Morgan fingerprint density at radius 1 is 1.14 bits per heavy atom. The summed E-state index contributed by atoms with van der Waals surface area (Å²) < 4.78 is 18.3. The van der Waals surface area contributed by atoms with Crippen molar-refractivity contribution >= 4 is 17.9 Å². The topological polar surface area (TPSA) is 38.7 Å². The summed E-state index contributed by atoms with van der Waals surface area (Å²) in [5, 5.41) is 0. The van der Waals surface area contributed by atoms with Crippen LogP contribution < -0.4 is 0 Å². The predicted molar refractivity (Wildman–Crippen MR) is 78.2 cm³/mol. The van der Waals surface area contributed by atoms with Crippen LogP contribution in [0.2, 0.25) is 0 Å². The molecule has 0 aliphatic carbocycles. The highest BCUT2D eigenvalue weighted by atomic mass is 19.1. The molecule has 0 bridgehead atoms. The molecule has 0 saturated carbocycles. The number of esters is 1. The Bertz CT molecular complexity index is 778. The van der Waals surface area contributed by atoms with E-state index in [1.165, 1.54) is 12.1 Å². The van der Waals surface area contributed by atoms with Crippen molar-refractivity contribution in [2.45, 2.75) is 6.92 Å². The van der Waals surface area contributed by atoms with Crippen LogP contribution >= 0.6 is 0 Å². The maximum atomic E-state index is 13.2. The van der Waals surface area contributed by atoms with Gasteiger partial charge in [-0.15, -0.1) is 0 Å². The van der Waals surface area contributed by atoms with Gasteiger partial charge >= 0.3 is 5.97 Å². The number of hydrogen-bond acceptors (Lipinski definition) is 3.